The molecule has 2 aliphatic rings. The fraction of sp³-hybridized carbons (Fsp3) is 0.692. The molecule has 98 valence electrons. The van der Waals surface area contributed by atoms with E-state index in [0.29, 0.717) is 5.54 Å². The third kappa shape index (κ3) is 2.71. The Morgan fingerprint density at radius 2 is 2.33 bits per heavy atom. The maximum absolute atomic E-state index is 4.67. The highest BCUT2D eigenvalue weighted by Crippen LogP contribution is 2.37. The van der Waals surface area contributed by atoms with Gasteiger partial charge in [-0.15, -0.1) is 0 Å². The Morgan fingerprint density at radius 3 is 3.11 bits per heavy atom. The molecule has 3 rings (SSSR count). The van der Waals surface area contributed by atoms with E-state index in [-0.39, 0.29) is 0 Å². The third-order valence-electron chi connectivity index (χ3n) is 3.78. The van der Waals surface area contributed by atoms with Crippen molar-refractivity contribution in [2.75, 3.05) is 12.3 Å². The van der Waals surface area contributed by atoms with Gasteiger partial charge in [-0.1, -0.05) is 24.6 Å². The van der Waals surface area contributed by atoms with Gasteiger partial charge in [0.15, 0.2) is 5.17 Å². The second kappa shape index (κ2) is 5.34. The van der Waals surface area contributed by atoms with Gasteiger partial charge >= 0.3 is 0 Å². The minimum absolute atomic E-state index is 0.394. The van der Waals surface area contributed by atoms with Crippen molar-refractivity contribution in [2.24, 2.45) is 4.99 Å². The number of hydrogen-bond acceptors (Lipinski definition) is 3. The zero-order chi connectivity index (χ0) is 12.3. The second-order valence-electron chi connectivity index (χ2n) is 5.21. The molecule has 0 unspecified atom stereocenters. The van der Waals surface area contributed by atoms with Crippen LogP contribution in [0.2, 0.25) is 0 Å². The average molecular weight is 264 g/mol. The highest BCUT2D eigenvalue weighted by molar-refractivity contribution is 8.14. The summed E-state index contributed by atoms with van der Waals surface area (Å²) in [6, 6.07) is 1.96. The number of amidine groups is 1. The summed E-state index contributed by atoms with van der Waals surface area (Å²) in [5.74, 6) is 1.21. The van der Waals surface area contributed by atoms with Gasteiger partial charge < -0.3 is 5.32 Å². The number of nitrogens with zero attached hydrogens (tertiary/aromatic N) is 3. The zero-order valence-corrected chi connectivity index (χ0v) is 11.5. The Labute approximate surface area is 112 Å². The van der Waals surface area contributed by atoms with Gasteiger partial charge in [-0.3, -0.25) is 9.67 Å². The number of thioether (sulfide) groups is 1. The first-order valence-corrected chi connectivity index (χ1v) is 7.78. The number of aromatic nitrogens is 2. The Bertz CT molecular complexity index is 407. The SMILES string of the molecule is c1cnn(CCCN=C2NC3(CCCC3)CS2)c1. The van der Waals surface area contributed by atoms with E-state index in [0.717, 1.165) is 24.7 Å². The van der Waals surface area contributed by atoms with Crippen LogP contribution in [0.4, 0.5) is 0 Å². The van der Waals surface area contributed by atoms with Gasteiger partial charge in [-0.25, -0.2) is 0 Å². The van der Waals surface area contributed by atoms with E-state index in [4.69, 9.17) is 0 Å². The van der Waals surface area contributed by atoms with Gasteiger partial charge in [0.2, 0.25) is 0 Å². The molecule has 2 fully saturated rings. The van der Waals surface area contributed by atoms with Crippen LogP contribution in [-0.2, 0) is 6.54 Å². The maximum Gasteiger partial charge on any atom is 0.157 e. The predicted molar refractivity (Wildman–Crippen MR) is 75.9 cm³/mol. The fourth-order valence-electron chi connectivity index (χ4n) is 2.76. The van der Waals surface area contributed by atoms with Gasteiger partial charge in [-0.2, -0.15) is 5.10 Å². The smallest absolute Gasteiger partial charge is 0.157 e. The average Bonchev–Trinajstić information content (AvgIpc) is 3.10. The molecule has 1 N–H and O–H groups in total. The number of hydrogen-bond donors (Lipinski definition) is 1. The van der Waals surface area contributed by atoms with Crippen molar-refractivity contribution in [3.63, 3.8) is 0 Å². The van der Waals surface area contributed by atoms with Crippen molar-refractivity contribution in [3.8, 4) is 0 Å². The van der Waals surface area contributed by atoms with Gasteiger partial charge in [0, 0.05) is 36.8 Å². The zero-order valence-electron chi connectivity index (χ0n) is 10.6. The standard InChI is InChI=1S/C13H20N4S/c1-2-6-13(5-1)11-18-12(16-13)14-7-3-9-17-10-4-8-15-17/h4,8,10H,1-3,5-7,9,11H2,(H,14,16). The lowest BCUT2D eigenvalue weighted by Gasteiger charge is -2.21. The molecule has 0 radical (unpaired) electrons. The molecule has 1 saturated heterocycles. The van der Waals surface area contributed by atoms with Gasteiger partial charge in [0.05, 0.1) is 0 Å². The van der Waals surface area contributed by atoms with Crippen LogP contribution in [-0.4, -0.2) is 32.8 Å². The van der Waals surface area contributed by atoms with E-state index in [9.17, 15) is 0 Å². The molecule has 1 saturated carbocycles. The Hall–Kier alpha value is -0.970. The summed E-state index contributed by atoms with van der Waals surface area (Å²) >= 11 is 1.90. The number of nitrogens with one attached hydrogen (secondary N) is 1. The number of aryl methyl sites for hydroxylation is 1. The summed E-state index contributed by atoms with van der Waals surface area (Å²) in [4.78, 5) is 4.67. The molecule has 1 aromatic rings. The van der Waals surface area contributed by atoms with Crippen molar-refractivity contribution in [3.05, 3.63) is 18.5 Å². The molecule has 1 aromatic heterocycles. The molecule has 1 aliphatic carbocycles. The molecule has 0 bridgehead atoms. The van der Waals surface area contributed by atoms with E-state index in [1.54, 1.807) is 0 Å². The van der Waals surface area contributed by atoms with Crippen LogP contribution in [0.25, 0.3) is 0 Å². The first-order chi connectivity index (χ1) is 8.86. The van der Waals surface area contributed by atoms with Crippen LogP contribution in [0, 0.1) is 0 Å². The lowest BCUT2D eigenvalue weighted by Crippen LogP contribution is -2.40. The molecule has 5 heteroatoms. The lowest BCUT2D eigenvalue weighted by atomic mass is 10.0. The van der Waals surface area contributed by atoms with E-state index in [2.05, 4.69) is 15.4 Å². The van der Waals surface area contributed by atoms with Gasteiger partial charge in [0.1, 0.15) is 0 Å². The molecular weight excluding hydrogens is 244 g/mol. The largest absolute Gasteiger partial charge is 0.359 e. The van der Waals surface area contributed by atoms with Crippen molar-refractivity contribution in [1.29, 1.82) is 0 Å². The summed E-state index contributed by atoms with van der Waals surface area (Å²) < 4.78 is 1.97. The Morgan fingerprint density at radius 1 is 1.44 bits per heavy atom. The Balaban J connectivity index is 1.43. The van der Waals surface area contributed by atoms with Crippen LogP contribution in [0.3, 0.4) is 0 Å². The highest BCUT2D eigenvalue weighted by atomic mass is 32.2. The second-order valence-corrected chi connectivity index (χ2v) is 6.17. The summed E-state index contributed by atoms with van der Waals surface area (Å²) in [5, 5.41) is 9.01. The molecular formula is C13H20N4S. The van der Waals surface area contributed by atoms with Crippen LogP contribution >= 0.6 is 11.8 Å². The van der Waals surface area contributed by atoms with Crippen molar-refractivity contribution < 1.29 is 0 Å². The normalized spacial score (nSPS) is 23.9. The number of rotatable bonds is 4. The molecule has 18 heavy (non-hydrogen) atoms. The van der Waals surface area contributed by atoms with E-state index < -0.39 is 0 Å². The first kappa shape index (κ1) is 12.1. The highest BCUT2D eigenvalue weighted by Gasteiger charge is 2.39. The van der Waals surface area contributed by atoms with Crippen molar-refractivity contribution >= 4 is 16.9 Å². The maximum atomic E-state index is 4.67. The van der Waals surface area contributed by atoms with E-state index in [1.807, 2.05) is 34.9 Å². The summed E-state index contributed by atoms with van der Waals surface area (Å²) in [6.45, 7) is 1.85. The van der Waals surface area contributed by atoms with Crippen LogP contribution < -0.4 is 5.32 Å². The summed E-state index contributed by atoms with van der Waals surface area (Å²) in [7, 11) is 0. The monoisotopic (exact) mass is 264 g/mol. The van der Waals surface area contributed by atoms with E-state index >= 15 is 0 Å². The molecule has 1 spiro atoms. The molecule has 4 nitrogen and oxygen atoms in total. The van der Waals surface area contributed by atoms with Crippen LogP contribution in [0.1, 0.15) is 32.1 Å². The van der Waals surface area contributed by atoms with Gasteiger partial charge in [0.25, 0.3) is 0 Å². The van der Waals surface area contributed by atoms with Crippen molar-refractivity contribution in [2.45, 2.75) is 44.2 Å². The first-order valence-electron chi connectivity index (χ1n) is 6.79. The van der Waals surface area contributed by atoms with Crippen LogP contribution in [0.15, 0.2) is 23.5 Å². The number of aliphatic imine (C=N–C) groups is 1. The third-order valence-corrected chi connectivity index (χ3v) is 4.98. The lowest BCUT2D eigenvalue weighted by molar-refractivity contribution is 0.452. The molecule has 2 heterocycles. The summed E-state index contributed by atoms with van der Waals surface area (Å²) in [5.41, 5.74) is 0.394. The minimum Gasteiger partial charge on any atom is -0.359 e. The molecule has 1 aliphatic heterocycles. The van der Waals surface area contributed by atoms with Crippen molar-refractivity contribution in [1.82, 2.24) is 15.1 Å². The fourth-order valence-corrected chi connectivity index (χ4v) is 4.00. The topological polar surface area (TPSA) is 42.2 Å². The molecule has 0 atom stereocenters. The molecule has 0 amide bonds. The predicted octanol–water partition coefficient (Wildman–Crippen LogP) is 2.28. The summed E-state index contributed by atoms with van der Waals surface area (Å²) in [6.07, 6.45) is 10.3. The Kier molecular flexibility index (Phi) is 3.59. The van der Waals surface area contributed by atoms with Gasteiger partial charge in [-0.05, 0) is 25.3 Å². The molecule has 0 aromatic carbocycles. The van der Waals surface area contributed by atoms with E-state index in [1.165, 1.54) is 31.4 Å². The quantitative estimate of drug-likeness (QED) is 0.848. The van der Waals surface area contributed by atoms with Crippen LogP contribution in [0.5, 0.6) is 0 Å². The minimum atomic E-state index is 0.394.